The lowest BCUT2D eigenvalue weighted by atomic mass is 10.2. The summed E-state index contributed by atoms with van der Waals surface area (Å²) in [7, 11) is 1.82. The molecule has 1 aliphatic rings. The number of thiazole rings is 1. The summed E-state index contributed by atoms with van der Waals surface area (Å²) in [6.07, 6.45) is 4.32. The Kier molecular flexibility index (Phi) is 8.49. The number of aromatic nitrogens is 1. The number of piperazine rings is 1. The minimum atomic E-state index is 0.736. The number of aliphatic imine (C=N–C) groups is 1. The van der Waals surface area contributed by atoms with Crippen molar-refractivity contribution in [1.29, 1.82) is 0 Å². The van der Waals surface area contributed by atoms with Crippen LogP contribution in [0.2, 0.25) is 0 Å². The van der Waals surface area contributed by atoms with E-state index in [4.69, 9.17) is 0 Å². The highest BCUT2D eigenvalue weighted by Crippen LogP contribution is 2.10. The first-order valence-electron chi connectivity index (χ1n) is 9.01. The lowest BCUT2D eigenvalue weighted by molar-refractivity contribution is 0.136. The lowest BCUT2D eigenvalue weighted by Crippen LogP contribution is -2.46. The second-order valence-corrected chi connectivity index (χ2v) is 7.52. The van der Waals surface area contributed by atoms with Gasteiger partial charge in [-0.05, 0) is 32.9 Å². The predicted molar refractivity (Wildman–Crippen MR) is 103 cm³/mol. The van der Waals surface area contributed by atoms with Crippen LogP contribution in [-0.2, 0) is 6.54 Å². The van der Waals surface area contributed by atoms with Gasteiger partial charge in [0.25, 0.3) is 0 Å². The van der Waals surface area contributed by atoms with Crippen LogP contribution in [0, 0.1) is 6.92 Å². The largest absolute Gasteiger partial charge is 0.356 e. The highest BCUT2D eigenvalue weighted by Gasteiger charge is 2.14. The SMILES string of the molecule is CCN1CCN(CCCCNC(=NC)NCc2ncc(C)s2)CC1. The van der Waals surface area contributed by atoms with Crippen LogP contribution in [0.15, 0.2) is 11.2 Å². The highest BCUT2D eigenvalue weighted by atomic mass is 32.1. The fourth-order valence-corrected chi connectivity index (χ4v) is 3.59. The Hall–Kier alpha value is -1.18. The van der Waals surface area contributed by atoms with E-state index in [0.717, 1.165) is 24.1 Å². The molecule has 0 aliphatic carbocycles. The van der Waals surface area contributed by atoms with Crippen molar-refractivity contribution in [3.8, 4) is 0 Å². The van der Waals surface area contributed by atoms with Crippen LogP contribution in [-0.4, -0.2) is 73.6 Å². The molecule has 0 saturated carbocycles. The summed E-state index contributed by atoms with van der Waals surface area (Å²) in [4.78, 5) is 15.0. The first kappa shape index (κ1) is 19.1. The zero-order valence-corrected chi connectivity index (χ0v) is 16.2. The van der Waals surface area contributed by atoms with E-state index < -0.39 is 0 Å². The average Bonchev–Trinajstić information content (AvgIpc) is 3.03. The molecular weight excluding hydrogens is 320 g/mol. The van der Waals surface area contributed by atoms with Crippen LogP contribution in [0.1, 0.15) is 29.7 Å². The van der Waals surface area contributed by atoms with Gasteiger partial charge in [0.15, 0.2) is 5.96 Å². The Morgan fingerprint density at radius 2 is 1.96 bits per heavy atom. The number of rotatable bonds is 8. The summed E-state index contributed by atoms with van der Waals surface area (Å²) in [5.74, 6) is 0.861. The molecule has 2 heterocycles. The maximum absolute atomic E-state index is 4.36. The Bertz CT molecular complexity index is 493. The molecule has 2 rings (SSSR count). The Morgan fingerprint density at radius 1 is 1.21 bits per heavy atom. The number of unbranched alkanes of at least 4 members (excludes halogenated alkanes) is 1. The molecular formula is C17H32N6S. The summed E-state index contributed by atoms with van der Waals surface area (Å²) in [5.41, 5.74) is 0. The predicted octanol–water partition coefficient (Wildman–Crippen LogP) is 1.53. The molecule has 0 radical (unpaired) electrons. The van der Waals surface area contributed by atoms with Gasteiger partial charge in [0, 0.05) is 50.8 Å². The van der Waals surface area contributed by atoms with Crippen molar-refractivity contribution in [1.82, 2.24) is 25.4 Å². The second kappa shape index (κ2) is 10.6. The van der Waals surface area contributed by atoms with E-state index in [0.29, 0.717) is 0 Å². The summed E-state index contributed by atoms with van der Waals surface area (Å²) >= 11 is 1.72. The normalized spacial score (nSPS) is 17.2. The molecule has 24 heavy (non-hydrogen) atoms. The van der Waals surface area contributed by atoms with Crippen molar-refractivity contribution in [2.75, 3.05) is 52.9 Å². The van der Waals surface area contributed by atoms with Gasteiger partial charge in [0.1, 0.15) is 5.01 Å². The lowest BCUT2D eigenvalue weighted by Gasteiger charge is -2.34. The third-order valence-electron chi connectivity index (χ3n) is 4.41. The van der Waals surface area contributed by atoms with Crippen LogP contribution >= 0.6 is 11.3 Å². The Morgan fingerprint density at radius 3 is 2.58 bits per heavy atom. The number of hydrogen-bond donors (Lipinski definition) is 2. The number of guanidine groups is 1. The van der Waals surface area contributed by atoms with E-state index in [1.807, 2.05) is 13.2 Å². The third-order valence-corrected chi connectivity index (χ3v) is 5.32. The van der Waals surface area contributed by atoms with Gasteiger partial charge in [-0.1, -0.05) is 6.92 Å². The topological polar surface area (TPSA) is 55.8 Å². The van der Waals surface area contributed by atoms with Gasteiger partial charge in [-0.3, -0.25) is 4.99 Å². The average molecular weight is 353 g/mol. The number of aryl methyl sites for hydroxylation is 1. The number of nitrogens with one attached hydrogen (secondary N) is 2. The number of nitrogens with zero attached hydrogens (tertiary/aromatic N) is 4. The van der Waals surface area contributed by atoms with E-state index in [2.05, 4.69) is 44.3 Å². The van der Waals surface area contributed by atoms with Gasteiger partial charge in [-0.15, -0.1) is 11.3 Å². The molecule has 1 aliphatic heterocycles. The molecule has 0 atom stereocenters. The summed E-state index contributed by atoms with van der Waals surface area (Å²) in [6.45, 7) is 13.3. The van der Waals surface area contributed by atoms with Gasteiger partial charge in [0.05, 0.1) is 6.54 Å². The van der Waals surface area contributed by atoms with Crippen molar-refractivity contribution in [2.45, 2.75) is 33.2 Å². The minimum absolute atomic E-state index is 0.736. The summed E-state index contributed by atoms with van der Waals surface area (Å²) < 4.78 is 0. The molecule has 2 N–H and O–H groups in total. The molecule has 0 aromatic carbocycles. The second-order valence-electron chi connectivity index (χ2n) is 6.20. The van der Waals surface area contributed by atoms with Gasteiger partial charge >= 0.3 is 0 Å². The smallest absolute Gasteiger partial charge is 0.191 e. The molecule has 136 valence electrons. The maximum Gasteiger partial charge on any atom is 0.191 e. The molecule has 0 bridgehead atoms. The zero-order valence-electron chi connectivity index (χ0n) is 15.3. The maximum atomic E-state index is 4.36. The van der Waals surface area contributed by atoms with Crippen molar-refractivity contribution in [3.05, 3.63) is 16.1 Å². The first-order valence-corrected chi connectivity index (χ1v) is 9.83. The van der Waals surface area contributed by atoms with Crippen LogP contribution in [0.4, 0.5) is 0 Å². The number of hydrogen-bond acceptors (Lipinski definition) is 5. The zero-order chi connectivity index (χ0) is 17.2. The Labute approximate surface area is 150 Å². The van der Waals surface area contributed by atoms with Gasteiger partial charge < -0.3 is 20.4 Å². The van der Waals surface area contributed by atoms with Crippen molar-refractivity contribution >= 4 is 17.3 Å². The van der Waals surface area contributed by atoms with E-state index in [9.17, 15) is 0 Å². The van der Waals surface area contributed by atoms with Gasteiger partial charge in [-0.2, -0.15) is 0 Å². The molecule has 0 spiro atoms. The molecule has 7 heteroatoms. The number of likely N-dealkylation sites (N-methyl/N-ethyl adjacent to an activating group) is 1. The molecule has 0 amide bonds. The van der Waals surface area contributed by atoms with Crippen LogP contribution in [0.25, 0.3) is 0 Å². The van der Waals surface area contributed by atoms with Crippen molar-refractivity contribution in [2.24, 2.45) is 4.99 Å². The summed E-state index contributed by atoms with van der Waals surface area (Å²) in [5, 5.41) is 7.81. The standard InChI is InChI=1S/C17H32N6S/c1-4-22-9-11-23(12-10-22)8-6-5-7-19-17(18-3)21-14-16-20-13-15(2)24-16/h13H,4-12,14H2,1-3H3,(H2,18,19,21). The third kappa shape index (κ3) is 6.75. The van der Waals surface area contributed by atoms with Crippen LogP contribution in [0.5, 0.6) is 0 Å². The summed E-state index contributed by atoms with van der Waals surface area (Å²) in [6, 6.07) is 0. The van der Waals surface area contributed by atoms with E-state index in [-0.39, 0.29) is 0 Å². The fourth-order valence-electron chi connectivity index (χ4n) is 2.86. The Balaban J connectivity index is 1.52. The molecule has 1 aromatic heterocycles. The quantitative estimate of drug-likeness (QED) is 0.422. The highest BCUT2D eigenvalue weighted by molar-refractivity contribution is 7.11. The molecule has 1 saturated heterocycles. The van der Waals surface area contributed by atoms with E-state index >= 15 is 0 Å². The van der Waals surface area contributed by atoms with Gasteiger partial charge in [0.2, 0.25) is 0 Å². The molecule has 1 fully saturated rings. The molecule has 0 unspecified atom stereocenters. The van der Waals surface area contributed by atoms with E-state index in [1.54, 1.807) is 11.3 Å². The minimum Gasteiger partial charge on any atom is -0.356 e. The fraction of sp³-hybridized carbons (Fsp3) is 0.765. The molecule has 6 nitrogen and oxygen atoms in total. The molecule has 1 aromatic rings. The van der Waals surface area contributed by atoms with Crippen molar-refractivity contribution in [3.63, 3.8) is 0 Å². The van der Waals surface area contributed by atoms with E-state index in [1.165, 1.54) is 57.0 Å². The first-order chi connectivity index (χ1) is 11.7. The van der Waals surface area contributed by atoms with Crippen LogP contribution < -0.4 is 10.6 Å². The van der Waals surface area contributed by atoms with Crippen LogP contribution in [0.3, 0.4) is 0 Å². The monoisotopic (exact) mass is 352 g/mol. The van der Waals surface area contributed by atoms with Gasteiger partial charge in [-0.25, -0.2) is 4.98 Å². The van der Waals surface area contributed by atoms with Crippen molar-refractivity contribution < 1.29 is 0 Å².